The molecule has 0 saturated heterocycles. The smallest absolute Gasteiger partial charge is 0.254 e. The van der Waals surface area contributed by atoms with E-state index in [0.717, 1.165) is 10.9 Å². The molecule has 0 atom stereocenters. The van der Waals surface area contributed by atoms with Gasteiger partial charge in [0.2, 0.25) is 0 Å². The van der Waals surface area contributed by atoms with Crippen LogP contribution in [0.15, 0.2) is 16.8 Å². The number of hydrogen-bond donors (Lipinski definition) is 0. The zero-order valence-corrected chi connectivity index (χ0v) is 11.0. The molecular weight excluding hydrogens is 262 g/mol. The number of rotatable bonds is 3. The molecule has 4 heteroatoms. The third-order valence-electron chi connectivity index (χ3n) is 2.31. The molecule has 1 heterocycles. The summed E-state index contributed by atoms with van der Waals surface area (Å²) >= 11 is 4.96. The van der Waals surface area contributed by atoms with Gasteiger partial charge in [-0.2, -0.15) is 11.3 Å². The Bertz CT molecular complexity index is 308. The summed E-state index contributed by atoms with van der Waals surface area (Å²) in [6, 6.07) is 1.85. The van der Waals surface area contributed by atoms with Gasteiger partial charge in [-0.1, -0.05) is 15.9 Å². The maximum Gasteiger partial charge on any atom is 0.254 e. The first-order valence-corrected chi connectivity index (χ1v) is 6.42. The van der Waals surface area contributed by atoms with Crippen molar-refractivity contribution >= 4 is 33.2 Å². The summed E-state index contributed by atoms with van der Waals surface area (Å²) in [4.78, 5) is 13.7. The van der Waals surface area contributed by atoms with Gasteiger partial charge in [0.25, 0.3) is 5.91 Å². The summed E-state index contributed by atoms with van der Waals surface area (Å²) in [6.45, 7) is 4.07. The standard InChI is InChI=1S/C10H14BrNOS/c1-10(2,7-11)12(3)9(13)8-4-5-14-6-8/h4-6H,7H2,1-3H3. The molecule has 1 aromatic heterocycles. The molecule has 14 heavy (non-hydrogen) atoms. The minimum Gasteiger partial charge on any atom is -0.336 e. The van der Waals surface area contributed by atoms with Crippen molar-refractivity contribution < 1.29 is 4.79 Å². The van der Waals surface area contributed by atoms with E-state index in [0.29, 0.717) is 0 Å². The number of hydrogen-bond acceptors (Lipinski definition) is 2. The Morgan fingerprint density at radius 2 is 2.29 bits per heavy atom. The number of carbonyl (C=O) groups excluding carboxylic acids is 1. The van der Waals surface area contributed by atoms with Crippen LogP contribution in [0.3, 0.4) is 0 Å². The molecule has 0 radical (unpaired) electrons. The van der Waals surface area contributed by atoms with Crippen LogP contribution in [0.4, 0.5) is 0 Å². The van der Waals surface area contributed by atoms with Crippen molar-refractivity contribution in [2.45, 2.75) is 19.4 Å². The maximum atomic E-state index is 11.9. The summed E-state index contributed by atoms with van der Waals surface area (Å²) in [6.07, 6.45) is 0. The molecule has 0 N–H and O–H groups in total. The van der Waals surface area contributed by atoms with Crippen LogP contribution in [0.2, 0.25) is 0 Å². The lowest BCUT2D eigenvalue weighted by atomic mass is 10.1. The molecule has 78 valence electrons. The summed E-state index contributed by atoms with van der Waals surface area (Å²) < 4.78 is 0. The fourth-order valence-corrected chi connectivity index (χ4v) is 1.95. The second kappa shape index (κ2) is 4.45. The topological polar surface area (TPSA) is 20.3 Å². The van der Waals surface area contributed by atoms with Crippen LogP contribution in [-0.2, 0) is 0 Å². The lowest BCUT2D eigenvalue weighted by Crippen LogP contribution is -2.46. The van der Waals surface area contributed by atoms with Crippen LogP contribution < -0.4 is 0 Å². The van der Waals surface area contributed by atoms with Crippen LogP contribution >= 0.6 is 27.3 Å². The number of nitrogens with zero attached hydrogens (tertiary/aromatic N) is 1. The molecule has 0 aliphatic heterocycles. The molecule has 1 rings (SSSR count). The first kappa shape index (κ1) is 11.7. The Hall–Kier alpha value is -0.350. The highest BCUT2D eigenvalue weighted by molar-refractivity contribution is 9.09. The normalized spacial score (nSPS) is 11.4. The molecule has 0 aromatic carbocycles. The number of alkyl halides is 1. The highest BCUT2D eigenvalue weighted by Crippen LogP contribution is 2.19. The molecule has 1 amide bonds. The second-order valence-corrected chi connectivity index (χ2v) is 5.16. The minimum atomic E-state index is -0.154. The van der Waals surface area contributed by atoms with Crippen LogP contribution in [0.25, 0.3) is 0 Å². The fourth-order valence-electron chi connectivity index (χ4n) is 0.944. The van der Waals surface area contributed by atoms with Gasteiger partial charge in [0, 0.05) is 23.3 Å². The molecule has 2 nitrogen and oxygen atoms in total. The Kier molecular flexibility index (Phi) is 3.72. The number of carbonyl (C=O) groups is 1. The van der Waals surface area contributed by atoms with Gasteiger partial charge in [-0.25, -0.2) is 0 Å². The molecule has 0 spiro atoms. The average Bonchev–Trinajstić information content (AvgIpc) is 2.68. The van der Waals surface area contributed by atoms with Crippen molar-refractivity contribution in [3.8, 4) is 0 Å². The van der Waals surface area contributed by atoms with Crippen molar-refractivity contribution in [3.05, 3.63) is 22.4 Å². The molecule has 0 fully saturated rings. The summed E-state index contributed by atoms with van der Waals surface area (Å²) in [7, 11) is 1.83. The van der Waals surface area contributed by atoms with Gasteiger partial charge in [-0.05, 0) is 25.3 Å². The third kappa shape index (κ3) is 2.36. The Balaban J connectivity index is 2.81. The number of thiophene rings is 1. The van der Waals surface area contributed by atoms with E-state index in [1.54, 1.807) is 16.2 Å². The van der Waals surface area contributed by atoms with Crippen LogP contribution in [-0.4, -0.2) is 28.7 Å². The van der Waals surface area contributed by atoms with E-state index in [1.165, 1.54) is 0 Å². The van der Waals surface area contributed by atoms with Crippen molar-refractivity contribution in [3.63, 3.8) is 0 Å². The zero-order chi connectivity index (χ0) is 10.8. The molecular formula is C10H14BrNOS. The largest absolute Gasteiger partial charge is 0.336 e. The average molecular weight is 276 g/mol. The lowest BCUT2D eigenvalue weighted by molar-refractivity contribution is 0.0664. The van der Waals surface area contributed by atoms with E-state index in [2.05, 4.69) is 15.9 Å². The van der Waals surface area contributed by atoms with Gasteiger partial charge >= 0.3 is 0 Å². The predicted molar refractivity (Wildman–Crippen MR) is 64.3 cm³/mol. The second-order valence-electron chi connectivity index (χ2n) is 3.82. The molecule has 0 bridgehead atoms. The van der Waals surface area contributed by atoms with E-state index in [1.807, 2.05) is 37.7 Å². The molecule has 0 aliphatic rings. The van der Waals surface area contributed by atoms with Gasteiger partial charge in [0.05, 0.1) is 5.56 Å². The first-order valence-electron chi connectivity index (χ1n) is 4.35. The van der Waals surface area contributed by atoms with Gasteiger partial charge in [-0.3, -0.25) is 4.79 Å². The quantitative estimate of drug-likeness (QED) is 0.777. The Labute approximate surface area is 97.1 Å². The SMILES string of the molecule is CN(C(=O)c1ccsc1)C(C)(C)CBr. The first-order chi connectivity index (χ1) is 6.49. The number of halogens is 1. The van der Waals surface area contributed by atoms with Crippen LogP contribution in [0.1, 0.15) is 24.2 Å². The van der Waals surface area contributed by atoms with Crippen molar-refractivity contribution in [1.29, 1.82) is 0 Å². The minimum absolute atomic E-state index is 0.0794. The third-order valence-corrected chi connectivity index (χ3v) is 4.36. The van der Waals surface area contributed by atoms with Gasteiger partial charge < -0.3 is 4.90 Å². The fraction of sp³-hybridized carbons (Fsp3) is 0.500. The number of amides is 1. The summed E-state index contributed by atoms with van der Waals surface area (Å²) in [5, 5.41) is 4.57. The molecule has 0 unspecified atom stereocenters. The van der Waals surface area contributed by atoms with Gasteiger partial charge in [0.1, 0.15) is 0 Å². The zero-order valence-electron chi connectivity index (χ0n) is 8.58. The van der Waals surface area contributed by atoms with Crippen LogP contribution in [0, 0.1) is 0 Å². The highest BCUT2D eigenvalue weighted by atomic mass is 79.9. The Morgan fingerprint density at radius 3 is 2.71 bits per heavy atom. The van der Waals surface area contributed by atoms with Crippen molar-refractivity contribution in [2.24, 2.45) is 0 Å². The van der Waals surface area contributed by atoms with Gasteiger partial charge in [-0.15, -0.1) is 0 Å². The van der Waals surface area contributed by atoms with E-state index >= 15 is 0 Å². The predicted octanol–water partition coefficient (Wildman–Crippen LogP) is 2.99. The highest BCUT2D eigenvalue weighted by Gasteiger charge is 2.27. The monoisotopic (exact) mass is 275 g/mol. The van der Waals surface area contributed by atoms with Crippen LogP contribution in [0.5, 0.6) is 0 Å². The summed E-state index contributed by atoms with van der Waals surface area (Å²) in [5.74, 6) is 0.0794. The van der Waals surface area contributed by atoms with E-state index in [4.69, 9.17) is 0 Å². The maximum absolute atomic E-state index is 11.9. The van der Waals surface area contributed by atoms with Crippen molar-refractivity contribution in [2.75, 3.05) is 12.4 Å². The molecule has 0 saturated carbocycles. The van der Waals surface area contributed by atoms with Crippen molar-refractivity contribution in [1.82, 2.24) is 4.90 Å². The summed E-state index contributed by atoms with van der Waals surface area (Å²) in [5.41, 5.74) is 0.616. The van der Waals surface area contributed by atoms with E-state index in [-0.39, 0.29) is 11.4 Å². The lowest BCUT2D eigenvalue weighted by Gasteiger charge is -2.33. The molecule has 0 aliphatic carbocycles. The van der Waals surface area contributed by atoms with Gasteiger partial charge in [0.15, 0.2) is 0 Å². The van der Waals surface area contributed by atoms with E-state index in [9.17, 15) is 4.79 Å². The van der Waals surface area contributed by atoms with E-state index < -0.39 is 0 Å². The molecule has 1 aromatic rings. The Morgan fingerprint density at radius 1 is 1.64 bits per heavy atom.